The number of amidine groups is 1. The van der Waals surface area contributed by atoms with Crippen LogP contribution in [0.2, 0.25) is 0 Å². The molecule has 5 rings (SSSR count). The average molecular weight is 475 g/mol. The van der Waals surface area contributed by atoms with E-state index in [2.05, 4.69) is 9.98 Å². The van der Waals surface area contributed by atoms with E-state index in [4.69, 9.17) is 5.14 Å². The van der Waals surface area contributed by atoms with Crippen molar-refractivity contribution >= 4 is 61.2 Å². The summed E-state index contributed by atoms with van der Waals surface area (Å²) in [6, 6.07) is 23.1. The molecule has 1 aromatic heterocycles. The molecule has 1 saturated heterocycles. The molecule has 7 nitrogen and oxygen atoms in total. The first-order chi connectivity index (χ1) is 15.9. The fraction of sp³-hybridized carbons (Fsp3) is 0. The molecule has 1 fully saturated rings. The molecular formula is C24H18N4O3S2. The van der Waals surface area contributed by atoms with Crippen molar-refractivity contribution in [1.82, 2.24) is 4.98 Å². The van der Waals surface area contributed by atoms with Crippen molar-refractivity contribution in [2.24, 2.45) is 10.1 Å². The third-order valence-corrected chi connectivity index (χ3v) is 7.02. The number of carbonyl (C=O) groups is 1. The van der Waals surface area contributed by atoms with Crippen molar-refractivity contribution in [3.05, 3.63) is 95.5 Å². The number of thioether (sulfide) groups is 1. The third-order valence-electron chi connectivity index (χ3n) is 5.12. The number of primary sulfonamides is 1. The van der Waals surface area contributed by atoms with Gasteiger partial charge in [-0.25, -0.2) is 18.5 Å². The highest BCUT2D eigenvalue weighted by Crippen LogP contribution is 2.38. The summed E-state index contributed by atoms with van der Waals surface area (Å²) in [5, 5.41) is 6.67. The van der Waals surface area contributed by atoms with Gasteiger partial charge in [0.15, 0.2) is 5.17 Å². The molecule has 2 heterocycles. The van der Waals surface area contributed by atoms with Gasteiger partial charge in [-0.3, -0.25) is 9.69 Å². The van der Waals surface area contributed by atoms with E-state index < -0.39 is 10.0 Å². The number of para-hydroxylation sites is 2. The number of rotatable bonds is 4. The Morgan fingerprint density at radius 1 is 0.939 bits per heavy atom. The molecule has 0 atom stereocenters. The number of nitrogens with zero attached hydrogens (tertiary/aromatic N) is 2. The van der Waals surface area contributed by atoms with Crippen molar-refractivity contribution in [3.8, 4) is 0 Å². The summed E-state index contributed by atoms with van der Waals surface area (Å²) in [6.07, 6.45) is 3.73. The number of benzene rings is 3. The standard InChI is InChI=1S/C24H18N4O3S2/c25-33(30,31)19-12-10-17(11-13-19)27-24-28(18-6-2-1-3-7-18)23(29)22(32-24)14-16-15-26-21-9-5-4-8-20(16)21/h1-15,26H,(H2,25,30,31)/b22-14?,27-24-. The van der Waals surface area contributed by atoms with Crippen LogP contribution in [0.4, 0.5) is 11.4 Å². The van der Waals surface area contributed by atoms with Gasteiger partial charge in [0.25, 0.3) is 5.91 Å². The van der Waals surface area contributed by atoms with Crippen LogP contribution in [0.1, 0.15) is 5.56 Å². The molecule has 0 unspecified atom stereocenters. The average Bonchev–Trinajstić information content (AvgIpc) is 3.35. The number of nitrogens with one attached hydrogen (secondary N) is 1. The molecular weight excluding hydrogens is 456 g/mol. The minimum atomic E-state index is -3.80. The molecule has 1 aliphatic heterocycles. The van der Waals surface area contributed by atoms with Gasteiger partial charge in [-0.15, -0.1) is 0 Å². The molecule has 3 aromatic carbocycles. The van der Waals surface area contributed by atoms with E-state index in [-0.39, 0.29) is 10.8 Å². The summed E-state index contributed by atoms with van der Waals surface area (Å²) in [7, 11) is -3.80. The smallest absolute Gasteiger partial charge is 0.271 e. The molecule has 4 aromatic rings. The van der Waals surface area contributed by atoms with E-state index in [1.165, 1.54) is 23.9 Å². The number of aromatic amines is 1. The highest BCUT2D eigenvalue weighted by Gasteiger charge is 2.34. The lowest BCUT2D eigenvalue weighted by atomic mass is 10.1. The highest BCUT2D eigenvalue weighted by atomic mass is 32.2. The third kappa shape index (κ3) is 4.21. The Bertz CT molecular complexity index is 1520. The van der Waals surface area contributed by atoms with Gasteiger partial charge in [0.2, 0.25) is 10.0 Å². The number of H-pyrrole nitrogens is 1. The summed E-state index contributed by atoms with van der Waals surface area (Å²) in [6.45, 7) is 0. The number of aliphatic imine (C=N–C) groups is 1. The van der Waals surface area contributed by atoms with Gasteiger partial charge in [0.1, 0.15) is 0 Å². The molecule has 164 valence electrons. The Balaban J connectivity index is 1.57. The van der Waals surface area contributed by atoms with E-state index >= 15 is 0 Å². The van der Waals surface area contributed by atoms with E-state index in [1.54, 1.807) is 17.0 Å². The SMILES string of the molecule is NS(=O)(=O)c1ccc(/N=C2\SC(=Cc3c[nH]c4ccccc34)C(=O)N2c2ccccc2)cc1. The number of fused-ring (bicyclic) bond motifs is 1. The maximum absolute atomic E-state index is 13.4. The number of amides is 1. The van der Waals surface area contributed by atoms with Gasteiger partial charge < -0.3 is 4.98 Å². The zero-order valence-electron chi connectivity index (χ0n) is 17.2. The Kier molecular flexibility index (Phi) is 5.37. The lowest BCUT2D eigenvalue weighted by Gasteiger charge is -2.15. The number of hydrogen-bond acceptors (Lipinski definition) is 5. The van der Waals surface area contributed by atoms with Crippen molar-refractivity contribution < 1.29 is 13.2 Å². The van der Waals surface area contributed by atoms with E-state index in [0.717, 1.165) is 16.5 Å². The first kappa shape index (κ1) is 21.2. The Labute approximate surface area is 194 Å². The number of anilines is 1. The Morgan fingerprint density at radius 2 is 1.64 bits per heavy atom. The molecule has 0 radical (unpaired) electrons. The second kappa shape index (κ2) is 8.36. The monoisotopic (exact) mass is 474 g/mol. The van der Waals surface area contributed by atoms with Crippen LogP contribution in [-0.4, -0.2) is 24.5 Å². The summed E-state index contributed by atoms with van der Waals surface area (Å²) in [5.41, 5.74) is 3.10. The van der Waals surface area contributed by atoms with Crippen LogP contribution in [0.25, 0.3) is 17.0 Å². The molecule has 0 aliphatic carbocycles. The number of hydrogen-bond donors (Lipinski definition) is 2. The van der Waals surface area contributed by atoms with Crippen LogP contribution in [0.5, 0.6) is 0 Å². The van der Waals surface area contributed by atoms with Crippen molar-refractivity contribution in [2.75, 3.05) is 4.90 Å². The Hall–Kier alpha value is -3.66. The van der Waals surface area contributed by atoms with Crippen molar-refractivity contribution in [2.45, 2.75) is 4.90 Å². The lowest BCUT2D eigenvalue weighted by molar-refractivity contribution is -0.113. The van der Waals surface area contributed by atoms with E-state index in [0.29, 0.717) is 21.4 Å². The number of carbonyl (C=O) groups excluding carboxylic acids is 1. The lowest BCUT2D eigenvalue weighted by Crippen LogP contribution is -2.28. The zero-order valence-corrected chi connectivity index (χ0v) is 18.8. The summed E-state index contributed by atoms with van der Waals surface area (Å²) in [5.74, 6) is -0.184. The van der Waals surface area contributed by atoms with Gasteiger partial charge in [0.05, 0.1) is 21.2 Å². The van der Waals surface area contributed by atoms with Crippen LogP contribution in [0.15, 0.2) is 99.9 Å². The van der Waals surface area contributed by atoms with E-state index in [9.17, 15) is 13.2 Å². The first-order valence-corrected chi connectivity index (χ1v) is 12.3. The quantitative estimate of drug-likeness (QED) is 0.421. The molecule has 0 saturated carbocycles. The number of aromatic nitrogens is 1. The zero-order chi connectivity index (χ0) is 23.0. The topological polar surface area (TPSA) is 109 Å². The molecule has 1 aliphatic rings. The number of sulfonamides is 1. The fourth-order valence-electron chi connectivity index (χ4n) is 3.53. The molecule has 1 amide bonds. The molecule has 3 N–H and O–H groups in total. The van der Waals surface area contributed by atoms with Gasteiger partial charge in [-0.2, -0.15) is 0 Å². The second-order valence-electron chi connectivity index (χ2n) is 7.31. The Morgan fingerprint density at radius 3 is 2.36 bits per heavy atom. The fourth-order valence-corrected chi connectivity index (χ4v) is 5.04. The van der Waals surface area contributed by atoms with Crippen LogP contribution in [0, 0.1) is 0 Å². The van der Waals surface area contributed by atoms with Crippen LogP contribution >= 0.6 is 11.8 Å². The highest BCUT2D eigenvalue weighted by molar-refractivity contribution is 8.19. The maximum atomic E-state index is 13.4. The van der Waals surface area contributed by atoms with Crippen LogP contribution in [-0.2, 0) is 14.8 Å². The summed E-state index contributed by atoms with van der Waals surface area (Å²) in [4.78, 5) is 23.3. The normalized spacial score (nSPS) is 16.9. The van der Waals surface area contributed by atoms with Gasteiger partial charge in [0, 0.05) is 22.7 Å². The maximum Gasteiger partial charge on any atom is 0.271 e. The predicted octanol–water partition coefficient (Wildman–Crippen LogP) is 4.62. The first-order valence-electron chi connectivity index (χ1n) is 9.97. The molecule has 9 heteroatoms. The van der Waals surface area contributed by atoms with Crippen molar-refractivity contribution in [3.63, 3.8) is 0 Å². The van der Waals surface area contributed by atoms with E-state index in [1.807, 2.05) is 66.9 Å². The largest absolute Gasteiger partial charge is 0.361 e. The second-order valence-corrected chi connectivity index (χ2v) is 9.88. The van der Waals surface area contributed by atoms with Crippen LogP contribution < -0.4 is 10.0 Å². The van der Waals surface area contributed by atoms with Gasteiger partial charge in [-0.1, -0.05) is 36.4 Å². The summed E-state index contributed by atoms with van der Waals surface area (Å²) < 4.78 is 23.1. The molecule has 0 spiro atoms. The molecule has 33 heavy (non-hydrogen) atoms. The minimum Gasteiger partial charge on any atom is -0.361 e. The minimum absolute atomic E-state index is 0.00133. The summed E-state index contributed by atoms with van der Waals surface area (Å²) >= 11 is 1.26. The molecule has 0 bridgehead atoms. The van der Waals surface area contributed by atoms with Gasteiger partial charge in [-0.05, 0) is 60.3 Å². The van der Waals surface area contributed by atoms with Gasteiger partial charge >= 0.3 is 0 Å². The predicted molar refractivity (Wildman–Crippen MR) is 133 cm³/mol. The van der Waals surface area contributed by atoms with Crippen molar-refractivity contribution in [1.29, 1.82) is 0 Å². The number of nitrogens with two attached hydrogens (primary N) is 1. The van der Waals surface area contributed by atoms with Crippen LogP contribution in [0.3, 0.4) is 0 Å².